The predicted octanol–water partition coefficient (Wildman–Crippen LogP) is 1.90. The third-order valence-corrected chi connectivity index (χ3v) is 4.24. The van der Waals surface area contributed by atoms with Crippen LogP contribution in [-0.4, -0.2) is 36.2 Å². The fourth-order valence-corrected chi connectivity index (χ4v) is 2.85. The third kappa shape index (κ3) is 4.09. The van der Waals surface area contributed by atoms with Crippen molar-refractivity contribution in [3.63, 3.8) is 0 Å². The van der Waals surface area contributed by atoms with Gasteiger partial charge in [-0.25, -0.2) is 9.37 Å². The Morgan fingerprint density at radius 1 is 1.35 bits per heavy atom. The Labute approximate surface area is 150 Å². The first-order chi connectivity index (χ1) is 12.4. The molecular weight excluding hydrogens is 337 g/mol. The van der Waals surface area contributed by atoms with Crippen molar-refractivity contribution in [2.45, 2.75) is 25.4 Å². The molecule has 3 rings (SSSR count). The molecule has 0 saturated carbocycles. The maximum Gasteiger partial charge on any atom is 0.252 e. The molecule has 2 atom stereocenters. The van der Waals surface area contributed by atoms with Crippen LogP contribution in [0.4, 0.5) is 21.7 Å². The van der Waals surface area contributed by atoms with Gasteiger partial charge in [-0.15, -0.1) is 0 Å². The molecule has 1 fully saturated rings. The number of ether oxygens (including phenoxy) is 1. The topological polar surface area (TPSA) is 115 Å². The third-order valence-electron chi connectivity index (χ3n) is 4.24. The van der Waals surface area contributed by atoms with Crippen molar-refractivity contribution in [3.8, 4) is 0 Å². The Morgan fingerprint density at radius 3 is 2.85 bits per heavy atom. The summed E-state index contributed by atoms with van der Waals surface area (Å²) < 4.78 is 19.7. The number of pyridine rings is 1. The molecule has 7 nitrogen and oxygen atoms in total. The van der Waals surface area contributed by atoms with Gasteiger partial charge >= 0.3 is 0 Å². The van der Waals surface area contributed by atoms with E-state index in [1.165, 1.54) is 0 Å². The van der Waals surface area contributed by atoms with Gasteiger partial charge in [-0.1, -0.05) is 12.1 Å². The number of nitrogens with one attached hydrogen (secondary N) is 2. The molecule has 6 N–H and O–H groups in total. The van der Waals surface area contributed by atoms with Gasteiger partial charge in [-0.2, -0.15) is 0 Å². The Bertz CT molecular complexity index is 814. The molecule has 2 aromatic rings. The van der Waals surface area contributed by atoms with E-state index in [1.807, 2.05) is 31.2 Å². The Morgan fingerprint density at radius 2 is 2.15 bits per heavy atom. The highest BCUT2D eigenvalue weighted by atomic mass is 19.1. The number of hydrogen-bond acceptors (Lipinski definition) is 6. The van der Waals surface area contributed by atoms with Gasteiger partial charge in [0.1, 0.15) is 5.82 Å². The first-order valence-corrected chi connectivity index (χ1v) is 8.38. The molecule has 1 saturated heterocycles. The standard InChI is InChI=1S/C18H22FN5O2/c1-10-3-2-4-11(7-10)22-17-12(16(21)25)8-13(19)18(24-17)23-15-5-6-26-9-14(15)20/h2-4,7-8,14-15H,5-6,9,20H2,1H3,(H2,21,25)(H2,22,23,24)/t14-,15+/m0/s1. The molecule has 0 unspecified atom stereocenters. The highest BCUT2D eigenvalue weighted by molar-refractivity contribution is 5.98. The quantitative estimate of drug-likeness (QED) is 0.648. The van der Waals surface area contributed by atoms with Crippen molar-refractivity contribution < 1.29 is 13.9 Å². The molecule has 0 spiro atoms. The first-order valence-electron chi connectivity index (χ1n) is 8.38. The predicted molar refractivity (Wildman–Crippen MR) is 98.0 cm³/mol. The first kappa shape index (κ1) is 18.1. The van der Waals surface area contributed by atoms with Crippen molar-refractivity contribution in [3.05, 3.63) is 47.3 Å². The van der Waals surface area contributed by atoms with E-state index in [0.717, 1.165) is 17.3 Å². The van der Waals surface area contributed by atoms with Gasteiger partial charge in [0, 0.05) is 24.4 Å². The second-order valence-electron chi connectivity index (χ2n) is 6.35. The SMILES string of the molecule is Cc1cccc(Nc2nc(N[C@@H]3CCOC[C@@H]3N)c(F)cc2C(N)=O)c1. The number of aromatic nitrogens is 1. The minimum Gasteiger partial charge on any atom is -0.380 e. The molecular formula is C18H22FN5O2. The minimum atomic E-state index is -0.763. The van der Waals surface area contributed by atoms with Gasteiger partial charge < -0.3 is 26.8 Å². The minimum absolute atomic E-state index is 0.0208. The van der Waals surface area contributed by atoms with Crippen molar-refractivity contribution in [2.24, 2.45) is 11.5 Å². The lowest BCUT2D eigenvalue weighted by atomic mass is 10.0. The molecule has 1 aromatic carbocycles. The molecule has 0 radical (unpaired) electrons. The van der Waals surface area contributed by atoms with Crippen molar-refractivity contribution in [1.82, 2.24) is 4.98 Å². The van der Waals surface area contributed by atoms with Crippen LogP contribution in [-0.2, 0) is 4.74 Å². The van der Waals surface area contributed by atoms with E-state index in [4.69, 9.17) is 16.2 Å². The Kier molecular flexibility index (Phi) is 5.34. The number of nitrogens with zero attached hydrogens (tertiary/aromatic N) is 1. The summed E-state index contributed by atoms with van der Waals surface area (Å²) in [5.41, 5.74) is 13.1. The van der Waals surface area contributed by atoms with Crippen LogP contribution in [0.25, 0.3) is 0 Å². The zero-order chi connectivity index (χ0) is 18.7. The maximum absolute atomic E-state index is 14.4. The van der Waals surface area contributed by atoms with Crippen molar-refractivity contribution >= 4 is 23.2 Å². The van der Waals surface area contributed by atoms with Gasteiger partial charge in [0.25, 0.3) is 5.91 Å². The van der Waals surface area contributed by atoms with Gasteiger partial charge in [0.15, 0.2) is 11.6 Å². The molecule has 1 aliphatic heterocycles. The van der Waals surface area contributed by atoms with E-state index in [9.17, 15) is 9.18 Å². The van der Waals surface area contributed by atoms with Crippen LogP contribution in [0.15, 0.2) is 30.3 Å². The lowest BCUT2D eigenvalue weighted by molar-refractivity contribution is 0.0751. The fraction of sp³-hybridized carbons (Fsp3) is 0.333. The number of benzene rings is 1. The van der Waals surface area contributed by atoms with Crippen LogP contribution in [0, 0.1) is 12.7 Å². The van der Waals surface area contributed by atoms with E-state index < -0.39 is 11.7 Å². The number of anilines is 3. The van der Waals surface area contributed by atoms with Crippen LogP contribution < -0.4 is 22.1 Å². The zero-order valence-electron chi connectivity index (χ0n) is 14.5. The zero-order valence-corrected chi connectivity index (χ0v) is 14.5. The number of rotatable bonds is 5. The van der Waals surface area contributed by atoms with Crippen LogP contribution >= 0.6 is 0 Å². The van der Waals surface area contributed by atoms with Gasteiger partial charge in [0.05, 0.1) is 12.2 Å². The van der Waals surface area contributed by atoms with Gasteiger partial charge in [0.2, 0.25) is 0 Å². The van der Waals surface area contributed by atoms with Crippen molar-refractivity contribution in [1.29, 1.82) is 0 Å². The van der Waals surface area contributed by atoms with E-state index in [-0.39, 0.29) is 29.3 Å². The van der Waals surface area contributed by atoms with Gasteiger partial charge in [-0.05, 0) is 37.1 Å². The highest BCUT2D eigenvalue weighted by Crippen LogP contribution is 2.25. The number of amides is 1. The lowest BCUT2D eigenvalue weighted by Crippen LogP contribution is -2.47. The number of halogens is 1. The Hall–Kier alpha value is -2.71. The van der Waals surface area contributed by atoms with Crippen LogP contribution in [0.3, 0.4) is 0 Å². The summed E-state index contributed by atoms with van der Waals surface area (Å²) in [6, 6.07) is 8.16. The van der Waals surface area contributed by atoms with Crippen LogP contribution in [0.2, 0.25) is 0 Å². The summed E-state index contributed by atoms with van der Waals surface area (Å²) in [7, 11) is 0. The number of hydrogen-bond donors (Lipinski definition) is 4. The molecule has 1 aliphatic rings. The molecule has 2 heterocycles. The number of carbonyl (C=O) groups excluding carboxylic acids is 1. The number of nitrogens with two attached hydrogens (primary N) is 2. The smallest absolute Gasteiger partial charge is 0.252 e. The van der Waals surface area contributed by atoms with Gasteiger partial charge in [-0.3, -0.25) is 4.79 Å². The molecule has 1 amide bonds. The van der Waals surface area contributed by atoms with Crippen molar-refractivity contribution in [2.75, 3.05) is 23.8 Å². The fourth-order valence-electron chi connectivity index (χ4n) is 2.85. The lowest BCUT2D eigenvalue weighted by Gasteiger charge is -2.30. The average molecular weight is 359 g/mol. The maximum atomic E-state index is 14.4. The molecule has 0 bridgehead atoms. The normalized spacial score (nSPS) is 19.8. The average Bonchev–Trinajstić information content (AvgIpc) is 2.59. The largest absolute Gasteiger partial charge is 0.380 e. The molecule has 8 heteroatoms. The number of primary amides is 1. The Balaban J connectivity index is 1.92. The second kappa shape index (κ2) is 7.67. The van der Waals surface area contributed by atoms with Crippen LogP contribution in [0.1, 0.15) is 22.3 Å². The summed E-state index contributed by atoms with van der Waals surface area (Å²) in [6.07, 6.45) is 0.639. The van der Waals surface area contributed by atoms with E-state index in [1.54, 1.807) is 0 Å². The molecule has 0 aliphatic carbocycles. The van der Waals surface area contributed by atoms with Crippen LogP contribution in [0.5, 0.6) is 0 Å². The summed E-state index contributed by atoms with van der Waals surface area (Å²) in [5, 5.41) is 6.06. The number of aryl methyl sites for hydroxylation is 1. The monoisotopic (exact) mass is 359 g/mol. The summed E-state index contributed by atoms with van der Waals surface area (Å²) >= 11 is 0. The summed E-state index contributed by atoms with van der Waals surface area (Å²) in [6.45, 7) is 2.88. The molecule has 26 heavy (non-hydrogen) atoms. The molecule has 138 valence electrons. The van der Waals surface area contributed by atoms with E-state index in [2.05, 4.69) is 15.6 Å². The molecule has 1 aromatic heterocycles. The second-order valence-corrected chi connectivity index (χ2v) is 6.35. The van der Waals surface area contributed by atoms with E-state index in [0.29, 0.717) is 19.6 Å². The van der Waals surface area contributed by atoms with E-state index >= 15 is 0 Å². The highest BCUT2D eigenvalue weighted by Gasteiger charge is 2.25. The summed E-state index contributed by atoms with van der Waals surface area (Å²) in [5.74, 6) is -1.21. The summed E-state index contributed by atoms with van der Waals surface area (Å²) in [4.78, 5) is 16.0. The number of carbonyl (C=O) groups is 1.